The maximum Gasteiger partial charge on any atom is 0.216 e. The Morgan fingerprint density at radius 3 is 2.34 bits per heavy atom. The number of hydrogen-bond acceptors (Lipinski definition) is 5. The third-order valence-corrected chi connectivity index (χ3v) is 11.4. The van der Waals surface area contributed by atoms with Gasteiger partial charge < -0.3 is 18.4 Å². The van der Waals surface area contributed by atoms with Crippen molar-refractivity contribution < 1.29 is 33.1 Å². The average molecular weight is 886 g/mol. The van der Waals surface area contributed by atoms with Crippen molar-refractivity contribution in [1.82, 2.24) is 19.5 Å². The summed E-state index contributed by atoms with van der Waals surface area (Å²) >= 11 is 0. The van der Waals surface area contributed by atoms with Gasteiger partial charge in [-0.1, -0.05) is 92.0 Å². The molecule has 5 aromatic heterocycles. The van der Waals surface area contributed by atoms with Crippen molar-refractivity contribution in [2.45, 2.75) is 26.5 Å². The van der Waals surface area contributed by atoms with Gasteiger partial charge >= 0.3 is 0 Å². The van der Waals surface area contributed by atoms with E-state index in [2.05, 4.69) is 82.7 Å². The zero-order valence-electron chi connectivity index (χ0n) is 32.1. The summed E-state index contributed by atoms with van der Waals surface area (Å²) in [6.07, 6.45) is 3.67. The summed E-state index contributed by atoms with van der Waals surface area (Å²) in [5.74, 6) is 0.740. The summed E-state index contributed by atoms with van der Waals surface area (Å²) in [5.41, 5.74) is 8.51. The van der Waals surface area contributed by atoms with E-state index in [1.54, 1.807) is 18.3 Å². The fourth-order valence-corrected chi connectivity index (χ4v) is 7.70. The largest absolute Gasteiger partial charge is 0.486 e. The molecule has 1 radical (unpaired) electrons. The number of imidazole rings is 1. The number of hydrogen-bond donors (Lipinski definition) is 0. The molecule has 0 saturated heterocycles. The summed E-state index contributed by atoms with van der Waals surface area (Å²) in [6.45, 7) is 4.76. The van der Waals surface area contributed by atoms with Crippen molar-refractivity contribution >= 4 is 68.3 Å². The van der Waals surface area contributed by atoms with Crippen LogP contribution >= 0.6 is 0 Å². The van der Waals surface area contributed by atoms with Crippen molar-refractivity contribution in [2.75, 3.05) is 0 Å². The van der Waals surface area contributed by atoms with E-state index >= 15 is 0 Å². The second-order valence-corrected chi connectivity index (χ2v) is 18.8. The first-order valence-electron chi connectivity index (χ1n) is 18.6. The summed E-state index contributed by atoms with van der Waals surface area (Å²) in [5, 5.41) is 5.42. The number of fused-ring (bicyclic) bond motifs is 7. The Balaban J connectivity index is 0.000000181. The molecule has 0 bridgehead atoms. The minimum Gasteiger partial charge on any atom is -0.486 e. The van der Waals surface area contributed by atoms with Crippen LogP contribution in [0, 0.1) is 19.0 Å². The third kappa shape index (κ3) is 6.19. The molecule has 53 heavy (non-hydrogen) atoms. The summed E-state index contributed by atoms with van der Waals surface area (Å²) in [4.78, 5) is 13.9. The van der Waals surface area contributed by atoms with Crippen molar-refractivity contribution in [3.63, 3.8) is 0 Å². The van der Waals surface area contributed by atoms with Crippen LogP contribution in [0.2, 0.25) is 19.6 Å². The average Bonchev–Trinajstić information content (AvgIpc) is 3.89. The molecule has 0 aliphatic heterocycles. The fraction of sp³-hybridized carbons (Fsp3) is 0.0889. The van der Waals surface area contributed by atoms with Crippen molar-refractivity contribution in [3.05, 3.63) is 151 Å². The zero-order valence-corrected chi connectivity index (χ0v) is 32.5. The number of aromatic nitrogens is 4. The topological polar surface area (TPSA) is 69.9 Å². The van der Waals surface area contributed by atoms with Crippen molar-refractivity contribution in [3.8, 4) is 28.3 Å². The van der Waals surface area contributed by atoms with E-state index in [0.29, 0.717) is 11.3 Å². The van der Waals surface area contributed by atoms with E-state index in [-0.39, 0.29) is 20.1 Å². The molecule has 0 saturated carbocycles. The summed E-state index contributed by atoms with van der Waals surface area (Å²) < 4.78 is 36.8. The van der Waals surface area contributed by atoms with Gasteiger partial charge in [-0.25, -0.2) is 4.98 Å². The van der Waals surface area contributed by atoms with Crippen LogP contribution in [0.3, 0.4) is 0 Å². The Kier molecular flexibility index (Phi) is 8.00. The first kappa shape index (κ1) is 30.9. The van der Waals surface area contributed by atoms with Gasteiger partial charge in [-0.2, -0.15) is 0 Å². The van der Waals surface area contributed by atoms with Crippen LogP contribution in [-0.2, 0) is 20.1 Å². The van der Waals surface area contributed by atoms with Crippen LogP contribution < -0.4 is 5.19 Å². The minimum absolute atomic E-state index is 0. The molecule has 0 N–H and O–H groups in total. The van der Waals surface area contributed by atoms with Crippen LogP contribution in [0.25, 0.3) is 83.4 Å². The Labute approximate surface area is 325 Å². The molecule has 10 aromatic rings. The minimum atomic E-state index is -2.08. The number of pyridine rings is 2. The van der Waals surface area contributed by atoms with Crippen molar-refractivity contribution in [1.29, 1.82) is 0 Å². The zero-order chi connectivity index (χ0) is 37.9. The normalized spacial score (nSPS) is 12.7. The molecule has 0 atom stereocenters. The van der Waals surface area contributed by atoms with E-state index in [9.17, 15) is 0 Å². The van der Waals surface area contributed by atoms with Gasteiger partial charge in [0, 0.05) is 52.8 Å². The molecule has 5 aromatic carbocycles. The second-order valence-electron chi connectivity index (χ2n) is 13.7. The van der Waals surface area contributed by atoms with E-state index < -0.39 is 14.9 Å². The Bertz CT molecular complexity index is 2960. The maximum atomic E-state index is 7.35. The van der Waals surface area contributed by atoms with E-state index in [1.165, 1.54) is 11.3 Å². The first-order valence-corrected chi connectivity index (χ1v) is 20.6. The first-order chi connectivity index (χ1) is 26.5. The number of nitrogens with zero attached hydrogens (tertiary/aromatic N) is 4. The van der Waals surface area contributed by atoms with Gasteiger partial charge in [0.05, 0.1) is 36.2 Å². The number of rotatable bonds is 4. The number of aryl methyl sites for hydroxylation is 1. The Morgan fingerprint density at radius 1 is 0.717 bits per heavy atom. The standard InChI is InChI=1S/C30H16N3O2.C15H18NSi.Ir/c1-4-16-26-18(8-1)19-10-6-15-25(28(19)34-26)33-24-14-3-2-13-23(24)32-29(33)22-11-5-9-20-21-12-7-17-31-30(21)35-27(20)22;1-12-5-7-13(8-6-12)15-10-9-14(11-16-15)17(2,3)4;/h1-10,12-17H;5-7,9-11H,1-4H3;/q2*-1;/i;1D3;. The fourth-order valence-electron chi connectivity index (χ4n) is 6.67. The summed E-state index contributed by atoms with van der Waals surface area (Å²) in [7, 11) is -1.34. The van der Waals surface area contributed by atoms with E-state index in [0.717, 1.165) is 77.7 Å². The van der Waals surface area contributed by atoms with Crippen LogP contribution in [0.1, 0.15) is 9.68 Å². The van der Waals surface area contributed by atoms with Gasteiger partial charge in [-0.15, -0.1) is 53.6 Å². The van der Waals surface area contributed by atoms with Gasteiger partial charge in [0.25, 0.3) is 0 Å². The maximum absolute atomic E-state index is 7.35. The molecule has 5 heterocycles. The van der Waals surface area contributed by atoms with Crippen LogP contribution in [-0.4, -0.2) is 27.6 Å². The smallest absolute Gasteiger partial charge is 0.216 e. The van der Waals surface area contributed by atoms with Gasteiger partial charge in [-0.3, -0.25) is 4.98 Å². The molecule has 0 unspecified atom stereocenters. The molecule has 261 valence electrons. The molecule has 0 aliphatic rings. The molecule has 0 aliphatic carbocycles. The Morgan fingerprint density at radius 2 is 1.53 bits per heavy atom. The number of benzene rings is 5. The van der Waals surface area contributed by atoms with E-state index in [4.69, 9.17) is 17.9 Å². The van der Waals surface area contributed by atoms with Gasteiger partial charge in [0.1, 0.15) is 5.58 Å². The van der Waals surface area contributed by atoms with E-state index in [1.807, 2.05) is 72.9 Å². The summed E-state index contributed by atoms with van der Waals surface area (Å²) in [6, 6.07) is 45.8. The van der Waals surface area contributed by atoms with Crippen LogP contribution in [0.4, 0.5) is 0 Å². The predicted molar refractivity (Wildman–Crippen MR) is 214 cm³/mol. The van der Waals surface area contributed by atoms with Gasteiger partial charge in [0.2, 0.25) is 5.71 Å². The predicted octanol–water partition coefficient (Wildman–Crippen LogP) is 11.1. The Hall–Kier alpha value is -5.66. The van der Waals surface area contributed by atoms with Gasteiger partial charge in [0.15, 0.2) is 5.58 Å². The molecule has 0 amide bonds. The number of para-hydroxylation sites is 4. The third-order valence-electron chi connectivity index (χ3n) is 9.34. The van der Waals surface area contributed by atoms with Crippen LogP contribution in [0.5, 0.6) is 0 Å². The molecule has 6 nitrogen and oxygen atoms in total. The molecule has 8 heteroatoms. The molecule has 0 spiro atoms. The molecule has 10 rings (SSSR count). The van der Waals surface area contributed by atoms with Gasteiger partial charge in [-0.05, 0) is 47.3 Å². The SMILES string of the molecule is [2H]C([2H])([2H])c1c[c-]c(-c2ccc([Si](C)(C)C)cn2)cc1.[Ir].[c-]1ccc2c(oc3ncccc32)c1-c1nc2ccccc2n1-c1cccc2c1oc1ccccc12. The second kappa shape index (κ2) is 13.7. The van der Waals surface area contributed by atoms with Crippen molar-refractivity contribution in [2.24, 2.45) is 0 Å². The van der Waals surface area contributed by atoms with Crippen LogP contribution in [0.15, 0.2) is 143 Å². The molecular formula is C45H34IrN4O2Si-2. The quantitative estimate of drug-likeness (QED) is 0.130. The number of furan rings is 2. The molecule has 0 fully saturated rings. The molecular weight excluding hydrogens is 849 g/mol. The monoisotopic (exact) mass is 886 g/mol.